The highest BCUT2D eigenvalue weighted by Gasteiger charge is 2.44. The van der Waals surface area contributed by atoms with Crippen LogP contribution < -0.4 is 4.74 Å². The van der Waals surface area contributed by atoms with Crippen LogP contribution in [0.2, 0.25) is 0 Å². The quantitative estimate of drug-likeness (QED) is 0.584. The van der Waals surface area contributed by atoms with Crippen molar-refractivity contribution in [3.05, 3.63) is 59.0 Å². The molecule has 0 radical (unpaired) electrons. The molecule has 1 unspecified atom stereocenters. The molecule has 0 amide bonds. The van der Waals surface area contributed by atoms with Gasteiger partial charge < -0.3 is 9.84 Å². The summed E-state index contributed by atoms with van der Waals surface area (Å²) in [4.78, 5) is 6.79. The molecule has 3 fully saturated rings. The number of ether oxygens (including phenoxy) is 1. The van der Waals surface area contributed by atoms with Gasteiger partial charge in [0.15, 0.2) is 0 Å². The van der Waals surface area contributed by atoms with Gasteiger partial charge in [0.1, 0.15) is 11.4 Å². The number of halogens is 2. The molecule has 3 saturated heterocycles. The zero-order valence-electron chi connectivity index (χ0n) is 16.9. The Hall–Kier alpha value is -2.49. The lowest BCUT2D eigenvalue weighted by Crippen LogP contribution is -2.58. The number of aliphatic hydroxyl groups is 1. The van der Waals surface area contributed by atoms with E-state index in [1.54, 1.807) is 12.1 Å². The predicted molar refractivity (Wildman–Crippen MR) is 111 cm³/mol. The Morgan fingerprint density at radius 2 is 2.07 bits per heavy atom. The minimum absolute atomic E-state index is 0.193. The van der Waals surface area contributed by atoms with Crippen molar-refractivity contribution in [3.8, 4) is 17.7 Å². The summed E-state index contributed by atoms with van der Waals surface area (Å²) in [5.74, 6) is 6.53. The van der Waals surface area contributed by atoms with E-state index >= 15 is 0 Å². The van der Waals surface area contributed by atoms with Crippen LogP contribution in [0.1, 0.15) is 36.1 Å². The van der Waals surface area contributed by atoms with E-state index < -0.39 is 12.3 Å². The lowest BCUT2D eigenvalue weighted by atomic mass is 9.75. The molecule has 1 N–H and O–H groups in total. The zero-order valence-corrected chi connectivity index (χ0v) is 16.9. The number of benzene rings is 1. The van der Waals surface area contributed by atoms with Crippen LogP contribution in [0.5, 0.6) is 5.88 Å². The third-order valence-electron chi connectivity index (χ3n) is 5.88. The summed E-state index contributed by atoms with van der Waals surface area (Å²) in [5, 5.41) is 11.1. The van der Waals surface area contributed by atoms with Gasteiger partial charge in [-0.05, 0) is 49.7 Å². The summed E-state index contributed by atoms with van der Waals surface area (Å²) in [6.07, 6.45) is 2.60. The topological polar surface area (TPSA) is 45.6 Å². The van der Waals surface area contributed by atoms with Gasteiger partial charge in [-0.3, -0.25) is 9.29 Å². The fourth-order valence-electron chi connectivity index (χ4n) is 4.24. The largest absolute Gasteiger partial charge is 0.478 e. The summed E-state index contributed by atoms with van der Waals surface area (Å²) in [6, 6.07) is 9.88. The van der Waals surface area contributed by atoms with E-state index in [9.17, 15) is 13.9 Å². The maximum Gasteiger partial charge on any atom is 0.213 e. The number of nitrogens with zero attached hydrogens (tertiary/aromatic N) is 2. The Balaban J connectivity index is 1.61. The SMILES string of the molecule is OC1(C#Cc2ccc(OCCCF)nc2Cc2cccc(F)c2)CN2CCC1CC2. The van der Waals surface area contributed by atoms with Crippen molar-refractivity contribution >= 4 is 0 Å². The first-order valence-corrected chi connectivity index (χ1v) is 10.5. The van der Waals surface area contributed by atoms with Crippen LogP contribution in [0.3, 0.4) is 0 Å². The van der Waals surface area contributed by atoms with E-state index in [0.29, 0.717) is 36.5 Å². The van der Waals surface area contributed by atoms with Crippen LogP contribution in [-0.4, -0.2) is 53.5 Å². The maximum atomic E-state index is 13.6. The Morgan fingerprint density at radius 1 is 1.23 bits per heavy atom. The summed E-state index contributed by atoms with van der Waals surface area (Å²) >= 11 is 0. The Labute approximate surface area is 175 Å². The number of pyridine rings is 1. The summed E-state index contributed by atoms with van der Waals surface area (Å²) in [6.45, 7) is 2.40. The van der Waals surface area contributed by atoms with E-state index in [1.807, 2.05) is 12.1 Å². The van der Waals surface area contributed by atoms with E-state index in [0.717, 1.165) is 31.5 Å². The third kappa shape index (κ3) is 4.80. The number of rotatable bonds is 6. The smallest absolute Gasteiger partial charge is 0.213 e. The lowest BCUT2D eigenvalue weighted by Gasteiger charge is -2.47. The molecule has 3 aliphatic rings. The Morgan fingerprint density at radius 3 is 2.77 bits per heavy atom. The first-order valence-electron chi connectivity index (χ1n) is 10.5. The predicted octanol–water partition coefficient (Wildman–Crippen LogP) is 3.36. The molecular weight excluding hydrogens is 386 g/mol. The van der Waals surface area contributed by atoms with Gasteiger partial charge in [0, 0.05) is 36.9 Å². The average molecular weight is 412 g/mol. The first-order chi connectivity index (χ1) is 14.6. The van der Waals surface area contributed by atoms with Crippen molar-refractivity contribution in [2.75, 3.05) is 32.9 Å². The van der Waals surface area contributed by atoms with Gasteiger partial charge in [0.25, 0.3) is 0 Å². The van der Waals surface area contributed by atoms with Crippen molar-refractivity contribution < 1.29 is 18.6 Å². The summed E-state index contributed by atoms with van der Waals surface area (Å²) in [5.41, 5.74) is 1.09. The van der Waals surface area contributed by atoms with E-state index in [1.165, 1.54) is 12.1 Å². The summed E-state index contributed by atoms with van der Waals surface area (Å²) < 4.78 is 31.5. The van der Waals surface area contributed by atoms with E-state index in [2.05, 4.69) is 21.7 Å². The van der Waals surface area contributed by atoms with Crippen molar-refractivity contribution in [3.63, 3.8) is 0 Å². The van der Waals surface area contributed by atoms with E-state index in [-0.39, 0.29) is 18.3 Å². The van der Waals surface area contributed by atoms with Gasteiger partial charge in [-0.1, -0.05) is 24.0 Å². The molecule has 4 nitrogen and oxygen atoms in total. The number of hydrogen-bond acceptors (Lipinski definition) is 4. The van der Waals surface area contributed by atoms with Crippen LogP contribution in [0.15, 0.2) is 36.4 Å². The lowest BCUT2D eigenvalue weighted by molar-refractivity contribution is -0.0713. The standard InChI is InChI=1S/C24H26F2N2O2/c25-11-2-14-30-23-6-5-19(22(27-23)16-18-3-1-4-21(26)15-18)7-10-24(29)17-28-12-8-20(24)9-13-28/h1,3-6,15,20,29H,2,8-9,11-14,16-17H2. The van der Waals surface area contributed by atoms with Crippen LogP contribution in [0.25, 0.3) is 0 Å². The molecule has 6 heteroatoms. The molecule has 0 saturated carbocycles. The highest BCUT2D eigenvalue weighted by Crippen LogP contribution is 2.35. The number of alkyl halides is 1. The van der Waals surface area contributed by atoms with Gasteiger partial charge in [0.2, 0.25) is 5.88 Å². The van der Waals surface area contributed by atoms with Crippen molar-refractivity contribution in [1.82, 2.24) is 9.88 Å². The normalized spacial score (nSPS) is 24.9. The molecule has 5 rings (SSSR count). The van der Waals surface area contributed by atoms with Crippen LogP contribution in [-0.2, 0) is 6.42 Å². The highest BCUT2D eigenvalue weighted by atomic mass is 19.1. The van der Waals surface area contributed by atoms with Crippen LogP contribution in [0, 0.1) is 23.6 Å². The second kappa shape index (κ2) is 9.11. The molecule has 4 heterocycles. The molecular formula is C24H26F2N2O2. The molecule has 0 spiro atoms. The van der Waals surface area contributed by atoms with Gasteiger partial charge >= 0.3 is 0 Å². The molecule has 30 heavy (non-hydrogen) atoms. The molecule has 1 aromatic heterocycles. The van der Waals surface area contributed by atoms with Crippen molar-refractivity contribution in [2.24, 2.45) is 5.92 Å². The second-order valence-corrected chi connectivity index (χ2v) is 8.07. The van der Waals surface area contributed by atoms with Crippen LogP contribution >= 0.6 is 0 Å². The maximum absolute atomic E-state index is 13.6. The third-order valence-corrected chi connectivity index (χ3v) is 5.88. The average Bonchev–Trinajstić information content (AvgIpc) is 2.74. The molecule has 158 valence electrons. The minimum Gasteiger partial charge on any atom is -0.478 e. The molecule has 2 aromatic rings. The molecule has 2 bridgehead atoms. The van der Waals surface area contributed by atoms with Crippen LogP contribution in [0.4, 0.5) is 8.78 Å². The molecule has 1 atom stereocenters. The van der Waals surface area contributed by atoms with Crippen molar-refractivity contribution in [2.45, 2.75) is 31.3 Å². The monoisotopic (exact) mass is 412 g/mol. The van der Waals surface area contributed by atoms with Gasteiger partial charge in [-0.15, -0.1) is 0 Å². The first kappa shape index (κ1) is 20.8. The van der Waals surface area contributed by atoms with Gasteiger partial charge in [0.05, 0.1) is 19.0 Å². The molecule has 0 aliphatic carbocycles. The number of hydrogen-bond donors (Lipinski definition) is 1. The number of piperidine rings is 3. The highest BCUT2D eigenvalue weighted by molar-refractivity contribution is 5.44. The number of aromatic nitrogens is 1. The Kier molecular flexibility index (Phi) is 6.31. The van der Waals surface area contributed by atoms with Crippen molar-refractivity contribution in [1.29, 1.82) is 0 Å². The van der Waals surface area contributed by atoms with Gasteiger partial charge in [-0.25, -0.2) is 9.37 Å². The fraction of sp³-hybridized carbons (Fsp3) is 0.458. The second-order valence-electron chi connectivity index (χ2n) is 8.07. The minimum atomic E-state index is -1.01. The molecule has 3 aliphatic heterocycles. The van der Waals surface area contributed by atoms with E-state index in [4.69, 9.17) is 4.74 Å². The Bertz CT molecular complexity index is 948. The zero-order chi connectivity index (χ0) is 21.0. The van der Waals surface area contributed by atoms with Gasteiger partial charge in [-0.2, -0.15) is 0 Å². The summed E-state index contributed by atoms with van der Waals surface area (Å²) in [7, 11) is 0. The number of fused-ring (bicyclic) bond motifs is 3. The fourth-order valence-corrected chi connectivity index (χ4v) is 4.24. The molecule has 1 aromatic carbocycles.